The average Bonchev–Trinajstić information content (AvgIpc) is 2.99. The van der Waals surface area contributed by atoms with Gasteiger partial charge in [-0.05, 0) is 73.6 Å². The minimum Gasteiger partial charge on any atom is -0.494 e. The van der Waals surface area contributed by atoms with Crippen LogP contribution < -0.4 is 14.8 Å². The molecule has 0 radical (unpaired) electrons. The second-order valence-electron chi connectivity index (χ2n) is 6.40. The van der Waals surface area contributed by atoms with Crippen molar-refractivity contribution < 1.29 is 23.9 Å². The monoisotopic (exact) mass is 460 g/mol. The van der Waals surface area contributed by atoms with E-state index in [1.165, 1.54) is 0 Å². The van der Waals surface area contributed by atoms with Gasteiger partial charge in [0, 0.05) is 5.69 Å². The van der Waals surface area contributed by atoms with Crippen molar-refractivity contribution in [2.45, 2.75) is 13.8 Å². The highest BCUT2D eigenvalue weighted by atomic mass is 35.5. The summed E-state index contributed by atoms with van der Waals surface area (Å²) < 4.78 is 10.7. The van der Waals surface area contributed by atoms with Crippen LogP contribution in [0.3, 0.4) is 0 Å². The van der Waals surface area contributed by atoms with E-state index in [1.807, 2.05) is 13.8 Å². The Balaban J connectivity index is 1.65. The van der Waals surface area contributed by atoms with Crippen molar-refractivity contribution in [1.82, 2.24) is 4.90 Å². The number of benzene rings is 2. The van der Waals surface area contributed by atoms with Crippen LogP contribution in [0.1, 0.15) is 19.4 Å². The SMILES string of the molecule is CCOc1ccc(NC(=O)CN2C(=O)S/C(=C/c3ccc(OCC)c(Cl)c3)C2=O)cc1. The third-order valence-corrected chi connectivity index (χ3v) is 5.38. The molecule has 1 aliphatic rings. The van der Waals surface area contributed by atoms with E-state index >= 15 is 0 Å². The molecule has 0 saturated carbocycles. The predicted octanol–water partition coefficient (Wildman–Crippen LogP) is 4.81. The molecular weight excluding hydrogens is 440 g/mol. The molecule has 1 saturated heterocycles. The van der Waals surface area contributed by atoms with Crippen LogP contribution in [0.4, 0.5) is 10.5 Å². The largest absolute Gasteiger partial charge is 0.494 e. The third kappa shape index (κ3) is 5.80. The molecule has 2 aromatic carbocycles. The Kier molecular flexibility index (Phi) is 7.59. The summed E-state index contributed by atoms with van der Waals surface area (Å²) in [6, 6.07) is 11.9. The van der Waals surface area contributed by atoms with Gasteiger partial charge in [-0.15, -0.1) is 0 Å². The fraction of sp³-hybridized carbons (Fsp3) is 0.227. The molecule has 1 aliphatic heterocycles. The standard InChI is InChI=1S/C22H21ClN2O5S/c1-3-29-16-8-6-15(7-9-16)24-20(26)13-25-21(27)19(31-22(25)28)12-14-5-10-18(30-4-2)17(23)11-14/h5-12H,3-4,13H2,1-2H3,(H,24,26)/b19-12+. The van der Waals surface area contributed by atoms with Gasteiger partial charge >= 0.3 is 0 Å². The van der Waals surface area contributed by atoms with Crippen molar-refractivity contribution in [3.8, 4) is 11.5 Å². The summed E-state index contributed by atoms with van der Waals surface area (Å²) >= 11 is 6.96. The summed E-state index contributed by atoms with van der Waals surface area (Å²) in [5, 5.41) is 2.57. The molecule has 162 valence electrons. The molecule has 3 amide bonds. The molecule has 1 heterocycles. The Morgan fingerprint density at radius 1 is 1.10 bits per heavy atom. The van der Waals surface area contributed by atoms with Gasteiger partial charge < -0.3 is 14.8 Å². The van der Waals surface area contributed by atoms with Crippen molar-refractivity contribution in [3.63, 3.8) is 0 Å². The van der Waals surface area contributed by atoms with Crippen LogP contribution in [0.15, 0.2) is 47.4 Å². The van der Waals surface area contributed by atoms with Gasteiger partial charge in [-0.25, -0.2) is 0 Å². The molecule has 0 unspecified atom stereocenters. The molecule has 1 N–H and O–H groups in total. The zero-order valence-corrected chi connectivity index (χ0v) is 18.6. The number of halogens is 1. The highest BCUT2D eigenvalue weighted by Crippen LogP contribution is 2.33. The molecule has 9 heteroatoms. The Morgan fingerprint density at radius 3 is 2.45 bits per heavy atom. The van der Waals surface area contributed by atoms with Crippen LogP contribution in [0.2, 0.25) is 5.02 Å². The molecule has 1 fully saturated rings. The number of rotatable bonds is 8. The lowest BCUT2D eigenvalue weighted by molar-refractivity contribution is -0.127. The van der Waals surface area contributed by atoms with Crippen LogP contribution in [0.5, 0.6) is 11.5 Å². The Labute approximate surface area is 189 Å². The van der Waals surface area contributed by atoms with E-state index in [-0.39, 0.29) is 11.4 Å². The summed E-state index contributed by atoms with van der Waals surface area (Å²) in [6.45, 7) is 4.38. The van der Waals surface area contributed by atoms with Crippen LogP contribution in [0, 0.1) is 0 Å². The summed E-state index contributed by atoms with van der Waals surface area (Å²) in [5.74, 6) is 0.227. The van der Waals surface area contributed by atoms with Crippen LogP contribution >= 0.6 is 23.4 Å². The van der Waals surface area contributed by atoms with Crippen molar-refractivity contribution in [1.29, 1.82) is 0 Å². The number of hydrogen-bond donors (Lipinski definition) is 1. The zero-order chi connectivity index (χ0) is 22.4. The Morgan fingerprint density at radius 2 is 1.81 bits per heavy atom. The predicted molar refractivity (Wildman–Crippen MR) is 122 cm³/mol. The number of amides is 3. The fourth-order valence-electron chi connectivity index (χ4n) is 2.81. The first-order valence-electron chi connectivity index (χ1n) is 9.61. The van der Waals surface area contributed by atoms with E-state index < -0.39 is 17.1 Å². The number of nitrogens with zero attached hydrogens (tertiary/aromatic N) is 1. The first kappa shape index (κ1) is 22.7. The van der Waals surface area contributed by atoms with Crippen LogP contribution in [0.25, 0.3) is 6.08 Å². The van der Waals surface area contributed by atoms with Crippen LogP contribution in [-0.4, -0.2) is 41.7 Å². The maximum Gasteiger partial charge on any atom is 0.294 e. The first-order valence-corrected chi connectivity index (χ1v) is 10.8. The van der Waals surface area contributed by atoms with Gasteiger partial charge in [0.15, 0.2) is 0 Å². The van der Waals surface area contributed by atoms with Crippen molar-refractivity contribution in [3.05, 3.63) is 58.0 Å². The Bertz CT molecular complexity index is 1020. The van der Waals surface area contributed by atoms with E-state index in [4.69, 9.17) is 21.1 Å². The smallest absolute Gasteiger partial charge is 0.294 e. The van der Waals surface area contributed by atoms with Crippen LogP contribution in [-0.2, 0) is 9.59 Å². The highest BCUT2D eigenvalue weighted by Gasteiger charge is 2.36. The molecule has 2 aromatic rings. The number of carbonyl (C=O) groups is 3. The lowest BCUT2D eigenvalue weighted by Gasteiger charge is -2.12. The maximum absolute atomic E-state index is 12.6. The summed E-state index contributed by atoms with van der Waals surface area (Å²) in [4.78, 5) is 38.4. The molecule has 0 aromatic heterocycles. The topological polar surface area (TPSA) is 84.9 Å². The lowest BCUT2D eigenvalue weighted by Crippen LogP contribution is -2.36. The van der Waals surface area contributed by atoms with E-state index in [0.717, 1.165) is 16.7 Å². The van der Waals surface area contributed by atoms with Crippen molar-refractivity contribution in [2.75, 3.05) is 25.1 Å². The number of anilines is 1. The molecule has 7 nitrogen and oxygen atoms in total. The molecule has 31 heavy (non-hydrogen) atoms. The van der Waals surface area contributed by atoms with Gasteiger partial charge in [0.05, 0.1) is 23.1 Å². The summed E-state index contributed by atoms with van der Waals surface area (Å²) in [5.41, 5.74) is 1.19. The van der Waals surface area contributed by atoms with Gasteiger partial charge in [-0.3, -0.25) is 19.3 Å². The fourth-order valence-corrected chi connectivity index (χ4v) is 3.89. The molecular formula is C22H21ClN2O5S. The number of imide groups is 1. The molecule has 0 bridgehead atoms. The summed E-state index contributed by atoms with van der Waals surface area (Å²) in [6.07, 6.45) is 1.57. The van der Waals surface area contributed by atoms with Gasteiger partial charge in [-0.1, -0.05) is 17.7 Å². The first-order chi connectivity index (χ1) is 14.9. The van der Waals surface area contributed by atoms with Gasteiger partial charge in [0.25, 0.3) is 11.1 Å². The van der Waals surface area contributed by atoms with Crippen molar-refractivity contribution in [2.24, 2.45) is 0 Å². The second-order valence-corrected chi connectivity index (χ2v) is 7.80. The summed E-state index contributed by atoms with van der Waals surface area (Å²) in [7, 11) is 0. The van der Waals surface area contributed by atoms with Gasteiger partial charge in [-0.2, -0.15) is 0 Å². The van der Waals surface area contributed by atoms with Gasteiger partial charge in [0.2, 0.25) is 5.91 Å². The minimum atomic E-state index is -0.526. The number of thioether (sulfide) groups is 1. The minimum absolute atomic E-state index is 0.221. The van der Waals surface area contributed by atoms with Crippen molar-refractivity contribution >= 4 is 52.2 Å². The molecule has 0 spiro atoms. The number of hydrogen-bond acceptors (Lipinski definition) is 6. The van der Waals surface area contributed by atoms with E-state index in [2.05, 4.69) is 5.32 Å². The lowest BCUT2D eigenvalue weighted by atomic mass is 10.2. The van der Waals surface area contributed by atoms with E-state index in [0.29, 0.717) is 41.0 Å². The third-order valence-electron chi connectivity index (χ3n) is 4.18. The number of carbonyl (C=O) groups excluding carboxylic acids is 3. The molecule has 0 aliphatic carbocycles. The maximum atomic E-state index is 12.6. The Hall–Kier alpha value is -2.97. The zero-order valence-electron chi connectivity index (χ0n) is 17.0. The quantitative estimate of drug-likeness (QED) is 0.569. The second kappa shape index (κ2) is 10.4. The van der Waals surface area contributed by atoms with Gasteiger partial charge in [0.1, 0.15) is 18.0 Å². The highest BCUT2D eigenvalue weighted by molar-refractivity contribution is 8.18. The molecule has 3 rings (SSSR count). The molecule has 0 atom stereocenters. The number of nitrogens with one attached hydrogen (secondary N) is 1. The van der Waals surface area contributed by atoms with E-state index in [9.17, 15) is 14.4 Å². The number of ether oxygens (including phenoxy) is 2. The average molecular weight is 461 g/mol. The van der Waals surface area contributed by atoms with E-state index in [1.54, 1.807) is 48.5 Å². The normalized spacial score (nSPS) is 14.8.